The lowest BCUT2D eigenvalue weighted by atomic mass is 9.78. The molecule has 0 atom stereocenters. The summed E-state index contributed by atoms with van der Waals surface area (Å²) in [4.78, 5) is 10.7. The Balaban J connectivity index is 3.37. The van der Waals surface area contributed by atoms with Crippen molar-refractivity contribution < 1.29 is 27.1 Å². The molecule has 0 radical (unpaired) electrons. The third-order valence-corrected chi connectivity index (χ3v) is 2.99. The van der Waals surface area contributed by atoms with Crippen LogP contribution in [0, 0.1) is 6.92 Å². The number of aldehydes is 1. The molecule has 1 aromatic carbocycles. The number of hydrogen-bond donors (Lipinski definition) is 2. The minimum absolute atomic E-state index is 0.0280. The Morgan fingerprint density at radius 2 is 2.00 bits per heavy atom. The SMILES string of the molecule is Cc1c(C=O)cc(B(O)O)cc1CS(=O)(=O)F. The summed E-state index contributed by atoms with van der Waals surface area (Å²) in [5, 5.41) is 17.9. The molecule has 0 aliphatic carbocycles. The van der Waals surface area contributed by atoms with Gasteiger partial charge in [-0.1, -0.05) is 12.1 Å². The third kappa shape index (κ3) is 3.62. The Bertz CT molecular complexity index is 541. The number of rotatable bonds is 4. The fraction of sp³-hybridized carbons (Fsp3) is 0.222. The lowest BCUT2D eigenvalue weighted by molar-refractivity contribution is 0.112. The van der Waals surface area contributed by atoms with E-state index in [1.54, 1.807) is 0 Å². The zero-order chi connectivity index (χ0) is 13.2. The minimum atomic E-state index is -4.75. The van der Waals surface area contributed by atoms with Crippen molar-refractivity contribution in [2.24, 2.45) is 0 Å². The Hall–Kier alpha value is -1.25. The second kappa shape index (κ2) is 4.95. The number of carbonyl (C=O) groups excluding carboxylic acids is 1. The van der Waals surface area contributed by atoms with Crippen molar-refractivity contribution in [2.75, 3.05) is 0 Å². The van der Waals surface area contributed by atoms with Gasteiger partial charge < -0.3 is 10.0 Å². The smallest absolute Gasteiger partial charge is 0.423 e. The molecule has 0 spiro atoms. The van der Waals surface area contributed by atoms with Gasteiger partial charge in [0.05, 0.1) is 0 Å². The lowest BCUT2D eigenvalue weighted by Gasteiger charge is -2.09. The Morgan fingerprint density at radius 3 is 2.41 bits per heavy atom. The standard InChI is InChI=1S/C9H10BFO5S/c1-6-7(4-12)2-9(10(13)14)3-8(6)5-17(11,15)16/h2-4,13-14H,5H2,1H3. The average Bonchev–Trinajstić information content (AvgIpc) is 2.18. The molecule has 8 heteroatoms. The van der Waals surface area contributed by atoms with Gasteiger partial charge in [-0.25, -0.2) is 0 Å². The first-order valence-corrected chi connectivity index (χ1v) is 6.17. The highest BCUT2D eigenvalue weighted by molar-refractivity contribution is 7.85. The van der Waals surface area contributed by atoms with E-state index in [4.69, 9.17) is 10.0 Å². The van der Waals surface area contributed by atoms with Crippen LogP contribution in [0.2, 0.25) is 0 Å². The summed E-state index contributed by atoms with van der Waals surface area (Å²) >= 11 is 0. The van der Waals surface area contributed by atoms with E-state index >= 15 is 0 Å². The maximum absolute atomic E-state index is 12.6. The molecule has 1 rings (SSSR count). The summed E-state index contributed by atoms with van der Waals surface area (Å²) in [6.07, 6.45) is 0.440. The van der Waals surface area contributed by atoms with E-state index < -0.39 is 23.1 Å². The van der Waals surface area contributed by atoms with E-state index in [0.717, 1.165) is 6.07 Å². The van der Waals surface area contributed by atoms with Crippen molar-refractivity contribution in [2.45, 2.75) is 12.7 Å². The van der Waals surface area contributed by atoms with Crippen molar-refractivity contribution in [3.8, 4) is 0 Å². The number of benzene rings is 1. The fourth-order valence-electron chi connectivity index (χ4n) is 1.43. The molecular formula is C9H10BFO5S. The molecule has 0 saturated carbocycles. The van der Waals surface area contributed by atoms with Crippen LogP contribution in [0.15, 0.2) is 12.1 Å². The van der Waals surface area contributed by atoms with Crippen molar-refractivity contribution >= 4 is 29.1 Å². The van der Waals surface area contributed by atoms with E-state index in [0.29, 0.717) is 11.8 Å². The van der Waals surface area contributed by atoms with E-state index in [-0.39, 0.29) is 16.6 Å². The van der Waals surface area contributed by atoms with Crippen LogP contribution in [0.4, 0.5) is 3.89 Å². The van der Waals surface area contributed by atoms with Crippen LogP contribution in [0.5, 0.6) is 0 Å². The van der Waals surface area contributed by atoms with Crippen molar-refractivity contribution in [1.29, 1.82) is 0 Å². The van der Waals surface area contributed by atoms with Crippen LogP contribution in [0.1, 0.15) is 21.5 Å². The summed E-state index contributed by atoms with van der Waals surface area (Å²) in [6, 6.07) is 2.35. The van der Waals surface area contributed by atoms with E-state index in [9.17, 15) is 17.1 Å². The predicted octanol–water partition coefficient (Wildman–Crippen LogP) is -0.713. The monoisotopic (exact) mass is 260 g/mol. The van der Waals surface area contributed by atoms with E-state index in [1.807, 2.05) is 0 Å². The van der Waals surface area contributed by atoms with E-state index in [2.05, 4.69) is 0 Å². The normalized spacial score (nSPS) is 11.3. The van der Waals surface area contributed by atoms with Gasteiger partial charge in [-0.2, -0.15) is 8.42 Å². The molecule has 0 aliphatic rings. The molecule has 17 heavy (non-hydrogen) atoms. The minimum Gasteiger partial charge on any atom is -0.423 e. The summed E-state index contributed by atoms with van der Waals surface area (Å²) in [5.74, 6) is -0.903. The molecule has 0 fully saturated rings. The first-order valence-electron chi connectivity index (χ1n) is 4.61. The van der Waals surface area contributed by atoms with Crippen molar-refractivity contribution in [3.05, 3.63) is 28.8 Å². The zero-order valence-electron chi connectivity index (χ0n) is 8.92. The van der Waals surface area contributed by atoms with Gasteiger partial charge in [0.15, 0.2) is 0 Å². The van der Waals surface area contributed by atoms with Gasteiger partial charge >= 0.3 is 17.3 Å². The largest absolute Gasteiger partial charge is 0.488 e. The van der Waals surface area contributed by atoms with Gasteiger partial charge in [0, 0.05) is 5.56 Å². The molecule has 0 heterocycles. The number of carbonyl (C=O) groups is 1. The summed E-state index contributed by atoms with van der Waals surface area (Å²) < 4.78 is 33.7. The van der Waals surface area contributed by atoms with Gasteiger partial charge in [-0.05, 0) is 23.5 Å². The lowest BCUT2D eigenvalue weighted by Crippen LogP contribution is -2.31. The number of halogens is 1. The molecule has 0 unspecified atom stereocenters. The highest BCUT2D eigenvalue weighted by Gasteiger charge is 2.18. The first-order chi connectivity index (χ1) is 7.74. The molecule has 2 N–H and O–H groups in total. The third-order valence-electron chi connectivity index (χ3n) is 2.33. The average molecular weight is 260 g/mol. The molecule has 5 nitrogen and oxygen atoms in total. The quantitative estimate of drug-likeness (QED) is 0.423. The molecule has 0 bridgehead atoms. The maximum Gasteiger partial charge on any atom is 0.488 e. The van der Waals surface area contributed by atoms with Gasteiger partial charge in [0.2, 0.25) is 0 Å². The van der Waals surface area contributed by atoms with Crippen molar-refractivity contribution in [1.82, 2.24) is 0 Å². The maximum atomic E-state index is 12.6. The molecule has 92 valence electrons. The molecule has 0 saturated heterocycles. The first kappa shape index (κ1) is 13.8. The highest BCUT2D eigenvalue weighted by atomic mass is 32.3. The molecule has 0 aromatic heterocycles. The van der Waals surface area contributed by atoms with Crippen LogP contribution in [-0.4, -0.2) is 31.9 Å². The zero-order valence-corrected chi connectivity index (χ0v) is 9.74. The van der Waals surface area contributed by atoms with Crippen LogP contribution in [0.3, 0.4) is 0 Å². The summed E-state index contributed by atoms with van der Waals surface area (Å²) in [5.41, 5.74) is 0.358. The fourth-order valence-corrected chi connectivity index (χ4v) is 2.10. The summed E-state index contributed by atoms with van der Waals surface area (Å²) in [7, 11) is -6.60. The molecular weight excluding hydrogens is 250 g/mol. The molecule has 1 aromatic rings. The van der Waals surface area contributed by atoms with Crippen LogP contribution < -0.4 is 5.46 Å². The second-order valence-electron chi connectivity index (χ2n) is 3.57. The number of hydrogen-bond acceptors (Lipinski definition) is 5. The van der Waals surface area contributed by atoms with Crippen LogP contribution in [0.25, 0.3) is 0 Å². The molecule has 0 amide bonds. The van der Waals surface area contributed by atoms with Crippen LogP contribution in [-0.2, 0) is 16.0 Å². The Labute approximate surface area is 98.3 Å². The van der Waals surface area contributed by atoms with E-state index in [1.165, 1.54) is 13.0 Å². The van der Waals surface area contributed by atoms with Crippen LogP contribution >= 0.6 is 0 Å². The predicted molar refractivity (Wildman–Crippen MR) is 60.1 cm³/mol. The van der Waals surface area contributed by atoms with Gasteiger partial charge in [-0.3, -0.25) is 4.79 Å². The van der Waals surface area contributed by atoms with Gasteiger partial charge in [-0.15, -0.1) is 3.89 Å². The van der Waals surface area contributed by atoms with Crippen molar-refractivity contribution in [3.63, 3.8) is 0 Å². The Morgan fingerprint density at radius 1 is 1.41 bits per heavy atom. The Kier molecular flexibility index (Phi) is 4.02. The second-order valence-corrected chi connectivity index (χ2v) is 4.94. The molecule has 0 aliphatic heterocycles. The van der Waals surface area contributed by atoms with Gasteiger partial charge in [0.25, 0.3) is 0 Å². The van der Waals surface area contributed by atoms with Gasteiger partial charge in [0.1, 0.15) is 12.0 Å². The summed E-state index contributed by atoms with van der Waals surface area (Å²) in [6.45, 7) is 1.46. The highest BCUT2D eigenvalue weighted by Crippen LogP contribution is 2.15. The topological polar surface area (TPSA) is 91.7 Å².